The number of allylic oxidation sites excluding steroid dienone is 5. The molecule has 0 aromatic heterocycles. The quantitative estimate of drug-likeness (QED) is 0.173. The van der Waals surface area contributed by atoms with E-state index in [0.717, 1.165) is 12.8 Å². The summed E-state index contributed by atoms with van der Waals surface area (Å²) < 4.78 is 0. The van der Waals surface area contributed by atoms with Crippen molar-refractivity contribution in [3.05, 3.63) is 48.6 Å². The van der Waals surface area contributed by atoms with Crippen LogP contribution in [-0.2, 0) is 4.79 Å². The number of carbonyl (C=O) groups is 1. The van der Waals surface area contributed by atoms with E-state index in [1.807, 2.05) is 18.2 Å². The molecule has 0 rings (SSSR count). The molecule has 0 aliphatic carbocycles. The van der Waals surface area contributed by atoms with Crippen molar-refractivity contribution in [2.75, 3.05) is 13.1 Å². The number of hydrogen-bond donors (Lipinski definition) is 4. The minimum atomic E-state index is -0.561. The Bertz CT molecular complexity index is 484. The van der Waals surface area contributed by atoms with Gasteiger partial charge in [-0.05, 0) is 45.1 Å². The van der Waals surface area contributed by atoms with Gasteiger partial charge in [0.15, 0.2) is 0 Å². The summed E-state index contributed by atoms with van der Waals surface area (Å²) in [6.45, 7) is 3.37. The van der Waals surface area contributed by atoms with E-state index in [1.54, 1.807) is 24.3 Å². The van der Waals surface area contributed by atoms with Gasteiger partial charge in [0.1, 0.15) is 0 Å². The summed E-state index contributed by atoms with van der Waals surface area (Å²) in [6.07, 6.45) is 21.6. The Kier molecular flexibility index (Phi) is 18.8. The van der Waals surface area contributed by atoms with Crippen LogP contribution in [0.2, 0.25) is 0 Å². The molecule has 0 aliphatic rings. The van der Waals surface area contributed by atoms with Crippen LogP contribution in [-0.4, -0.2) is 41.4 Å². The van der Waals surface area contributed by atoms with E-state index in [9.17, 15) is 15.0 Å². The number of nitrogens with one attached hydrogen (secondary N) is 1. The van der Waals surface area contributed by atoms with Crippen LogP contribution in [0, 0.1) is 0 Å². The van der Waals surface area contributed by atoms with Crippen molar-refractivity contribution >= 4 is 5.91 Å². The smallest absolute Gasteiger partial charge is 0.219 e. The second kappa shape index (κ2) is 20.1. The number of aliphatic hydroxyl groups excluding tert-OH is 2. The Morgan fingerprint density at radius 3 is 2.36 bits per heavy atom. The van der Waals surface area contributed by atoms with Crippen molar-refractivity contribution in [2.45, 2.75) is 76.9 Å². The molecule has 0 aromatic rings. The van der Waals surface area contributed by atoms with Crippen LogP contribution in [0.1, 0.15) is 64.7 Å². The maximum Gasteiger partial charge on any atom is 0.219 e. The first-order valence-electron chi connectivity index (χ1n) is 10.6. The van der Waals surface area contributed by atoms with E-state index in [-0.39, 0.29) is 5.91 Å². The highest BCUT2D eigenvalue weighted by molar-refractivity contribution is 5.75. The average Bonchev–Trinajstić information content (AvgIpc) is 2.67. The fourth-order valence-corrected chi connectivity index (χ4v) is 2.44. The van der Waals surface area contributed by atoms with Crippen LogP contribution in [0.15, 0.2) is 48.6 Å². The summed E-state index contributed by atoms with van der Waals surface area (Å²) in [5.74, 6) is 0.00373. The summed E-state index contributed by atoms with van der Waals surface area (Å²) in [4.78, 5) is 11.5. The number of nitrogens with two attached hydrogens (primary N) is 1. The number of aliphatic hydroxyl groups is 2. The van der Waals surface area contributed by atoms with Crippen LogP contribution in [0.3, 0.4) is 0 Å². The van der Waals surface area contributed by atoms with Crippen LogP contribution < -0.4 is 11.1 Å². The normalized spacial score (nSPS) is 14.6. The Labute approximate surface area is 171 Å². The van der Waals surface area contributed by atoms with Gasteiger partial charge in [-0.1, -0.05) is 68.4 Å². The molecule has 0 aliphatic heterocycles. The molecule has 28 heavy (non-hydrogen) atoms. The highest BCUT2D eigenvalue weighted by Crippen LogP contribution is 2.03. The first-order chi connectivity index (χ1) is 13.6. The molecular weight excluding hydrogens is 352 g/mol. The van der Waals surface area contributed by atoms with E-state index in [2.05, 4.69) is 18.3 Å². The largest absolute Gasteiger partial charge is 0.389 e. The Morgan fingerprint density at radius 1 is 0.964 bits per heavy atom. The second-order valence-electron chi connectivity index (χ2n) is 6.88. The lowest BCUT2D eigenvalue weighted by Gasteiger charge is -2.06. The van der Waals surface area contributed by atoms with Gasteiger partial charge in [0, 0.05) is 13.0 Å². The maximum atomic E-state index is 11.5. The second-order valence-corrected chi connectivity index (χ2v) is 6.88. The number of hydrogen-bond acceptors (Lipinski definition) is 4. The third kappa shape index (κ3) is 19.1. The molecule has 0 radical (unpaired) electrons. The number of amides is 1. The van der Waals surface area contributed by atoms with Crippen molar-refractivity contribution in [2.24, 2.45) is 5.73 Å². The predicted molar refractivity (Wildman–Crippen MR) is 118 cm³/mol. The summed E-state index contributed by atoms with van der Waals surface area (Å²) in [7, 11) is 0. The van der Waals surface area contributed by atoms with E-state index >= 15 is 0 Å². The summed E-state index contributed by atoms with van der Waals surface area (Å²) in [5, 5.41) is 22.5. The third-order valence-corrected chi connectivity index (χ3v) is 4.13. The summed E-state index contributed by atoms with van der Waals surface area (Å²) >= 11 is 0. The first kappa shape index (κ1) is 26.3. The van der Waals surface area contributed by atoms with Crippen LogP contribution in [0.25, 0.3) is 0 Å². The van der Waals surface area contributed by atoms with Gasteiger partial charge < -0.3 is 21.3 Å². The molecule has 5 heteroatoms. The number of rotatable bonds is 17. The number of carbonyl (C=O) groups excluding carboxylic acids is 1. The molecule has 0 saturated heterocycles. The molecule has 0 aromatic carbocycles. The van der Waals surface area contributed by atoms with Gasteiger partial charge in [-0.3, -0.25) is 4.79 Å². The van der Waals surface area contributed by atoms with Gasteiger partial charge in [0.05, 0.1) is 12.2 Å². The van der Waals surface area contributed by atoms with Crippen LogP contribution >= 0.6 is 0 Å². The van der Waals surface area contributed by atoms with E-state index in [1.165, 1.54) is 19.3 Å². The Hall–Kier alpha value is -1.69. The van der Waals surface area contributed by atoms with Crippen molar-refractivity contribution < 1.29 is 15.0 Å². The summed E-state index contributed by atoms with van der Waals surface area (Å²) in [5.41, 5.74) is 5.37. The van der Waals surface area contributed by atoms with Crippen molar-refractivity contribution in [1.29, 1.82) is 0 Å². The van der Waals surface area contributed by atoms with Gasteiger partial charge in [-0.25, -0.2) is 0 Å². The van der Waals surface area contributed by atoms with Crippen LogP contribution in [0.5, 0.6) is 0 Å². The van der Waals surface area contributed by atoms with E-state index < -0.39 is 12.2 Å². The minimum Gasteiger partial charge on any atom is -0.389 e. The molecule has 0 saturated carbocycles. The molecule has 2 unspecified atom stereocenters. The van der Waals surface area contributed by atoms with Crippen molar-refractivity contribution in [3.8, 4) is 0 Å². The van der Waals surface area contributed by atoms with Gasteiger partial charge in [0.25, 0.3) is 0 Å². The molecule has 5 nitrogen and oxygen atoms in total. The molecule has 0 fully saturated rings. The fraction of sp³-hybridized carbons (Fsp3) is 0.609. The average molecular weight is 393 g/mol. The topological polar surface area (TPSA) is 95.6 Å². The van der Waals surface area contributed by atoms with E-state index in [4.69, 9.17) is 5.73 Å². The van der Waals surface area contributed by atoms with Crippen molar-refractivity contribution in [1.82, 2.24) is 5.32 Å². The zero-order chi connectivity index (χ0) is 20.9. The predicted octanol–water partition coefficient (Wildman–Crippen LogP) is 3.54. The number of unbranched alkanes of at least 4 members (excludes halogenated alkanes) is 3. The SMILES string of the molecule is CCCCCC=CCC(O)C=CC=CC=CC(O)CCCC(=O)NCCCN. The van der Waals surface area contributed by atoms with Gasteiger partial charge in [-0.15, -0.1) is 0 Å². The highest BCUT2D eigenvalue weighted by Gasteiger charge is 2.03. The maximum absolute atomic E-state index is 11.5. The Morgan fingerprint density at radius 2 is 1.68 bits per heavy atom. The molecule has 0 spiro atoms. The lowest BCUT2D eigenvalue weighted by molar-refractivity contribution is -0.121. The first-order valence-corrected chi connectivity index (χ1v) is 10.6. The van der Waals surface area contributed by atoms with Crippen molar-refractivity contribution in [3.63, 3.8) is 0 Å². The lowest BCUT2D eigenvalue weighted by atomic mass is 10.1. The van der Waals surface area contributed by atoms with Gasteiger partial charge in [-0.2, -0.15) is 0 Å². The van der Waals surface area contributed by atoms with E-state index in [0.29, 0.717) is 38.8 Å². The molecule has 2 atom stereocenters. The summed E-state index contributed by atoms with van der Waals surface area (Å²) in [6, 6.07) is 0. The third-order valence-electron chi connectivity index (χ3n) is 4.13. The lowest BCUT2D eigenvalue weighted by Crippen LogP contribution is -2.25. The molecule has 1 amide bonds. The van der Waals surface area contributed by atoms with Crippen LogP contribution in [0.4, 0.5) is 0 Å². The standard InChI is InChI=1S/C23H40N2O3/c1-2-3-4-5-6-9-14-21(26)15-10-7-8-11-16-22(27)17-12-18-23(28)25-20-13-19-24/h6-11,15-16,21-22,26-27H,2-5,12-14,17-20,24H2,1H3,(H,25,28). The molecular formula is C23H40N2O3. The highest BCUT2D eigenvalue weighted by atomic mass is 16.3. The molecule has 5 N–H and O–H groups in total. The zero-order valence-corrected chi connectivity index (χ0v) is 17.4. The Balaban J connectivity index is 3.81. The zero-order valence-electron chi connectivity index (χ0n) is 17.4. The minimum absolute atomic E-state index is 0.00373. The molecule has 160 valence electrons. The molecule has 0 bridgehead atoms. The molecule has 0 heterocycles. The monoisotopic (exact) mass is 392 g/mol. The van der Waals surface area contributed by atoms with Gasteiger partial charge in [0.2, 0.25) is 5.91 Å². The fourth-order valence-electron chi connectivity index (χ4n) is 2.44. The van der Waals surface area contributed by atoms with Gasteiger partial charge >= 0.3 is 0 Å².